The van der Waals surface area contributed by atoms with Crippen LogP contribution in [0.2, 0.25) is 0 Å². The van der Waals surface area contributed by atoms with Gasteiger partial charge in [-0.3, -0.25) is 0 Å². The molecule has 0 fully saturated rings. The Hall–Kier alpha value is -1.35. The molecule has 2 aromatic carbocycles. The summed E-state index contributed by atoms with van der Waals surface area (Å²) in [6.07, 6.45) is 0. The third kappa shape index (κ3) is 3.04. The number of hydrogen-bond donors (Lipinski definition) is 0. The van der Waals surface area contributed by atoms with Crippen molar-refractivity contribution in [3.63, 3.8) is 0 Å². The van der Waals surface area contributed by atoms with E-state index in [1.165, 1.54) is 0 Å². The molecule has 106 valence electrons. The molecule has 0 aliphatic heterocycles. The van der Waals surface area contributed by atoms with Gasteiger partial charge in [0.15, 0.2) is 0 Å². The molecule has 0 bridgehead atoms. The topological polar surface area (TPSA) is 9.23 Å². The van der Waals surface area contributed by atoms with Gasteiger partial charge in [-0.25, -0.2) is 4.39 Å². The quantitative estimate of drug-likeness (QED) is 0.686. The Morgan fingerprint density at radius 2 is 1.90 bits per heavy atom. The summed E-state index contributed by atoms with van der Waals surface area (Å²) in [5.41, 5.74) is 3.37. The van der Waals surface area contributed by atoms with E-state index in [0.717, 1.165) is 16.9 Å². The van der Waals surface area contributed by atoms with Gasteiger partial charge >= 0.3 is 0 Å². The second-order valence-electron chi connectivity index (χ2n) is 4.81. The number of rotatable bonds is 4. The maximum atomic E-state index is 14.3. The van der Waals surface area contributed by atoms with Crippen molar-refractivity contribution in [3.8, 4) is 5.75 Å². The van der Waals surface area contributed by atoms with Crippen LogP contribution in [0.1, 0.15) is 34.0 Å². The standard InChI is InChI=1S/C17H18BrFO/c1-4-20-15-9-8-11(2)10-14(15)16(18)13-7-5-6-12(3)17(13)19/h5-10,16H,4H2,1-3H3. The normalized spacial score (nSPS) is 12.2. The first-order chi connectivity index (χ1) is 9.54. The second kappa shape index (κ2) is 6.40. The molecule has 1 atom stereocenters. The third-order valence-corrected chi connectivity index (χ3v) is 4.22. The van der Waals surface area contributed by atoms with Crippen LogP contribution in [-0.2, 0) is 0 Å². The van der Waals surface area contributed by atoms with E-state index in [1.54, 1.807) is 19.1 Å². The van der Waals surface area contributed by atoms with Crippen LogP contribution in [0, 0.1) is 19.7 Å². The Bertz CT molecular complexity index is 610. The molecular weight excluding hydrogens is 319 g/mol. The summed E-state index contributed by atoms with van der Waals surface area (Å²) in [5.74, 6) is 0.624. The van der Waals surface area contributed by atoms with Crippen LogP contribution in [0.15, 0.2) is 36.4 Å². The third-order valence-electron chi connectivity index (χ3n) is 3.23. The Labute approximate surface area is 127 Å². The van der Waals surface area contributed by atoms with Crippen molar-refractivity contribution in [2.75, 3.05) is 6.61 Å². The fourth-order valence-corrected chi connectivity index (χ4v) is 2.90. The van der Waals surface area contributed by atoms with E-state index in [2.05, 4.69) is 15.9 Å². The lowest BCUT2D eigenvalue weighted by atomic mass is 10.00. The molecule has 0 saturated heterocycles. The Morgan fingerprint density at radius 3 is 2.60 bits per heavy atom. The first kappa shape index (κ1) is 15.0. The SMILES string of the molecule is CCOc1ccc(C)cc1C(Br)c1cccc(C)c1F. The highest BCUT2D eigenvalue weighted by atomic mass is 79.9. The van der Waals surface area contributed by atoms with Crippen molar-refractivity contribution in [1.82, 2.24) is 0 Å². The minimum atomic E-state index is -0.219. The highest BCUT2D eigenvalue weighted by Crippen LogP contribution is 2.38. The van der Waals surface area contributed by atoms with E-state index in [-0.39, 0.29) is 10.6 Å². The van der Waals surface area contributed by atoms with Crippen molar-refractivity contribution >= 4 is 15.9 Å². The summed E-state index contributed by atoms with van der Waals surface area (Å²) in [5, 5.41) is 0. The van der Waals surface area contributed by atoms with Gasteiger partial charge in [-0.2, -0.15) is 0 Å². The molecule has 0 spiro atoms. The Balaban J connectivity index is 2.49. The summed E-state index contributed by atoms with van der Waals surface area (Å²) >= 11 is 3.61. The number of alkyl halides is 1. The van der Waals surface area contributed by atoms with Crippen LogP contribution in [0.5, 0.6) is 5.75 Å². The Morgan fingerprint density at radius 1 is 1.15 bits per heavy atom. The van der Waals surface area contributed by atoms with Crippen LogP contribution in [0.25, 0.3) is 0 Å². The van der Waals surface area contributed by atoms with Crippen LogP contribution in [0.3, 0.4) is 0 Å². The number of benzene rings is 2. The van der Waals surface area contributed by atoms with Crippen molar-refractivity contribution in [2.24, 2.45) is 0 Å². The smallest absolute Gasteiger partial charge is 0.130 e. The highest BCUT2D eigenvalue weighted by Gasteiger charge is 2.19. The lowest BCUT2D eigenvalue weighted by molar-refractivity contribution is 0.337. The number of hydrogen-bond acceptors (Lipinski definition) is 1. The average molecular weight is 337 g/mol. The molecule has 1 nitrogen and oxygen atoms in total. The highest BCUT2D eigenvalue weighted by molar-refractivity contribution is 9.09. The van der Waals surface area contributed by atoms with Crippen LogP contribution in [0.4, 0.5) is 4.39 Å². The summed E-state index contributed by atoms with van der Waals surface area (Å²) < 4.78 is 19.9. The molecule has 0 aliphatic carbocycles. The molecule has 0 aliphatic rings. The van der Waals surface area contributed by atoms with Gasteiger partial charge in [-0.15, -0.1) is 0 Å². The molecule has 0 N–H and O–H groups in total. The van der Waals surface area contributed by atoms with Crippen LogP contribution < -0.4 is 4.74 Å². The maximum Gasteiger partial charge on any atom is 0.130 e. The van der Waals surface area contributed by atoms with E-state index in [9.17, 15) is 4.39 Å². The zero-order valence-corrected chi connectivity index (χ0v) is 13.5. The van der Waals surface area contributed by atoms with E-state index in [1.807, 2.05) is 38.1 Å². The predicted molar refractivity (Wildman–Crippen MR) is 84.3 cm³/mol. The minimum Gasteiger partial charge on any atom is -0.494 e. The van der Waals surface area contributed by atoms with E-state index in [4.69, 9.17) is 4.74 Å². The molecule has 0 radical (unpaired) electrons. The van der Waals surface area contributed by atoms with Gasteiger partial charge < -0.3 is 4.74 Å². The van der Waals surface area contributed by atoms with Gasteiger partial charge in [0.1, 0.15) is 11.6 Å². The molecule has 3 heteroatoms. The maximum absolute atomic E-state index is 14.3. The summed E-state index contributed by atoms with van der Waals surface area (Å²) in [7, 11) is 0. The van der Waals surface area contributed by atoms with E-state index < -0.39 is 0 Å². The lowest BCUT2D eigenvalue weighted by Gasteiger charge is -2.17. The Kier molecular flexibility index (Phi) is 4.81. The van der Waals surface area contributed by atoms with Crippen molar-refractivity contribution in [1.29, 1.82) is 0 Å². The first-order valence-electron chi connectivity index (χ1n) is 6.67. The second-order valence-corrected chi connectivity index (χ2v) is 5.73. The van der Waals surface area contributed by atoms with Gasteiger partial charge in [0.2, 0.25) is 0 Å². The predicted octanol–water partition coefficient (Wildman–Crippen LogP) is 5.33. The van der Waals surface area contributed by atoms with Crippen molar-refractivity contribution < 1.29 is 9.13 Å². The first-order valence-corrected chi connectivity index (χ1v) is 7.58. The van der Waals surface area contributed by atoms with Gasteiger partial charge in [0, 0.05) is 11.1 Å². The van der Waals surface area contributed by atoms with Gasteiger partial charge in [-0.1, -0.05) is 51.8 Å². The largest absolute Gasteiger partial charge is 0.494 e. The van der Waals surface area contributed by atoms with E-state index >= 15 is 0 Å². The zero-order chi connectivity index (χ0) is 14.7. The van der Waals surface area contributed by atoms with Crippen LogP contribution >= 0.6 is 15.9 Å². The lowest BCUT2D eigenvalue weighted by Crippen LogP contribution is -2.03. The zero-order valence-electron chi connectivity index (χ0n) is 11.9. The molecular formula is C17H18BrFO. The minimum absolute atomic E-state index is 0.168. The molecule has 2 aromatic rings. The summed E-state index contributed by atoms with van der Waals surface area (Å²) in [4.78, 5) is -0.219. The molecule has 0 saturated carbocycles. The monoisotopic (exact) mass is 336 g/mol. The average Bonchev–Trinajstić information content (AvgIpc) is 2.43. The van der Waals surface area contributed by atoms with Crippen molar-refractivity contribution in [3.05, 3.63) is 64.5 Å². The molecule has 0 heterocycles. The molecule has 20 heavy (non-hydrogen) atoms. The number of halogens is 2. The van der Waals surface area contributed by atoms with Gasteiger partial charge in [0.25, 0.3) is 0 Å². The molecule has 0 aromatic heterocycles. The van der Waals surface area contributed by atoms with E-state index in [0.29, 0.717) is 17.7 Å². The number of ether oxygens (including phenoxy) is 1. The molecule has 2 rings (SSSR count). The van der Waals surface area contributed by atoms with Crippen molar-refractivity contribution in [2.45, 2.75) is 25.6 Å². The summed E-state index contributed by atoms with van der Waals surface area (Å²) in [6.45, 7) is 6.33. The fourth-order valence-electron chi connectivity index (χ4n) is 2.19. The summed E-state index contributed by atoms with van der Waals surface area (Å²) in [6, 6.07) is 11.4. The number of aryl methyl sites for hydroxylation is 2. The molecule has 0 amide bonds. The molecule has 1 unspecified atom stereocenters. The fraction of sp³-hybridized carbons (Fsp3) is 0.294. The van der Waals surface area contributed by atoms with Gasteiger partial charge in [-0.05, 0) is 32.4 Å². The van der Waals surface area contributed by atoms with Crippen LogP contribution in [-0.4, -0.2) is 6.61 Å². The van der Waals surface area contributed by atoms with Gasteiger partial charge in [0.05, 0.1) is 11.4 Å².